The predicted molar refractivity (Wildman–Crippen MR) is 52.9 cm³/mol. The van der Waals surface area contributed by atoms with E-state index in [4.69, 9.17) is 4.74 Å². The van der Waals surface area contributed by atoms with E-state index in [1.807, 2.05) is 0 Å². The van der Waals surface area contributed by atoms with Gasteiger partial charge >= 0.3 is 0 Å². The van der Waals surface area contributed by atoms with Gasteiger partial charge in [0.2, 0.25) is 0 Å². The van der Waals surface area contributed by atoms with Crippen LogP contribution in [0.1, 0.15) is 19.3 Å². The zero-order valence-corrected chi connectivity index (χ0v) is 8.46. The lowest BCUT2D eigenvalue weighted by atomic mass is 10.1. The van der Waals surface area contributed by atoms with Crippen LogP contribution in [0.4, 0.5) is 0 Å². The van der Waals surface area contributed by atoms with E-state index in [0.29, 0.717) is 6.10 Å². The van der Waals surface area contributed by atoms with Crippen LogP contribution in [0.5, 0.6) is 0 Å². The SMILES string of the molecule is CN1CC(NCC2CCCCO2)C1. The fraction of sp³-hybridized carbons (Fsp3) is 1.00. The van der Waals surface area contributed by atoms with Gasteiger partial charge < -0.3 is 15.0 Å². The molecule has 1 atom stereocenters. The molecule has 2 aliphatic heterocycles. The molecule has 1 unspecified atom stereocenters. The quantitative estimate of drug-likeness (QED) is 0.689. The molecule has 0 amide bonds. The summed E-state index contributed by atoms with van der Waals surface area (Å²) in [6.07, 6.45) is 4.33. The van der Waals surface area contributed by atoms with Crippen molar-refractivity contribution in [3.8, 4) is 0 Å². The van der Waals surface area contributed by atoms with Crippen LogP contribution in [0, 0.1) is 0 Å². The number of ether oxygens (including phenoxy) is 1. The Kier molecular flexibility index (Phi) is 3.19. The molecular weight excluding hydrogens is 164 g/mol. The second kappa shape index (κ2) is 4.40. The Morgan fingerprint density at radius 2 is 2.23 bits per heavy atom. The Morgan fingerprint density at radius 3 is 2.85 bits per heavy atom. The number of hydrogen-bond donors (Lipinski definition) is 1. The van der Waals surface area contributed by atoms with Gasteiger partial charge in [-0.05, 0) is 26.3 Å². The van der Waals surface area contributed by atoms with Gasteiger partial charge in [0.1, 0.15) is 0 Å². The molecule has 2 saturated heterocycles. The predicted octanol–water partition coefficient (Wildman–Crippen LogP) is 0.459. The monoisotopic (exact) mass is 184 g/mol. The van der Waals surface area contributed by atoms with Crippen LogP contribution >= 0.6 is 0 Å². The average Bonchev–Trinajstić information content (AvgIpc) is 2.12. The first kappa shape index (κ1) is 9.44. The van der Waals surface area contributed by atoms with Gasteiger partial charge in [-0.2, -0.15) is 0 Å². The molecule has 1 N–H and O–H groups in total. The maximum Gasteiger partial charge on any atom is 0.0699 e. The minimum absolute atomic E-state index is 0.486. The van der Waals surface area contributed by atoms with Crippen LogP contribution in [-0.4, -0.2) is 50.3 Å². The minimum atomic E-state index is 0.486. The molecule has 13 heavy (non-hydrogen) atoms. The molecule has 0 saturated carbocycles. The van der Waals surface area contributed by atoms with E-state index in [1.54, 1.807) is 0 Å². The molecule has 0 aromatic carbocycles. The van der Waals surface area contributed by atoms with Gasteiger partial charge in [0.05, 0.1) is 6.10 Å². The van der Waals surface area contributed by atoms with Crippen molar-refractivity contribution >= 4 is 0 Å². The first-order chi connectivity index (χ1) is 6.34. The third-order valence-corrected chi connectivity index (χ3v) is 2.97. The number of likely N-dealkylation sites (N-methyl/N-ethyl adjacent to an activating group) is 1. The molecule has 0 spiro atoms. The van der Waals surface area contributed by atoms with E-state index in [2.05, 4.69) is 17.3 Å². The topological polar surface area (TPSA) is 24.5 Å². The summed E-state index contributed by atoms with van der Waals surface area (Å²) >= 11 is 0. The Labute approximate surface area is 80.4 Å². The normalized spacial score (nSPS) is 31.6. The summed E-state index contributed by atoms with van der Waals surface area (Å²) in [7, 11) is 2.16. The van der Waals surface area contributed by atoms with Gasteiger partial charge in [0.25, 0.3) is 0 Å². The zero-order chi connectivity index (χ0) is 9.10. The minimum Gasteiger partial charge on any atom is -0.377 e. The van der Waals surface area contributed by atoms with Crippen molar-refractivity contribution in [3.63, 3.8) is 0 Å². The van der Waals surface area contributed by atoms with Crippen molar-refractivity contribution in [2.24, 2.45) is 0 Å². The van der Waals surface area contributed by atoms with Crippen LogP contribution in [0.2, 0.25) is 0 Å². The molecule has 3 heteroatoms. The van der Waals surface area contributed by atoms with E-state index < -0.39 is 0 Å². The summed E-state index contributed by atoms with van der Waals surface area (Å²) in [4.78, 5) is 2.33. The lowest BCUT2D eigenvalue weighted by Crippen LogP contribution is -2.57. The molecule has 3 nitrogen and oxygen atoms in total. The molecule has 2 rings (SSSR count). The van der Waals surface area contributed by atoms with E-state index in [9.17, 15) is 0 Å². The van der Waals surface area contributed by atoms with Crippen molar-refractivity contribution < 1.29 is 4.74 Å². The molecular formula is C10H20N2O. The van der Waals surface area contributed by atoms with Gasteiger partial charge in [-0.3, -0.25) is 0 Å². The fourth-order valence-corrected chi connectivity index (χ4v) is 2.09. The van der Waals surface area contributed by atoms with Crippen molar-refractivity contribution in [2.75, 3.05) is 33.3 Å². The summed E-state index contributed by atoms with van der Waals surface area (Å²) < 4.78 is 5.65. The van der Waals surface area contributed by atoms with Crippen LogP contribution in [0.15, 0.2) is 0 Å². The van der Waals surface area contributed by atoms with Crippen molar-refractivity contribution in [1.29, 1.82) is 0 Å². The highest BCUT2D eigenvalue weighted by Gasteiger charge is 2.23. The number of nitrogens with one attached hydrogen (secondary N) is 1. The second-order valence-electron chi connectivity index (χ2n) is 4.31. The Bertz CT molecular complexity index is 151. The standard InChI is InChI=1S/C10H20N2O/c1-12-7-9(8-12)11-6-10-4-2-3-5-13-10/h9-11H,2-8H2,1H3. The third-order valence-electron chi connectivity index (χ3n) is 2.97. The lowest BCUT2D eigenvalue weighted by molar-refractivity contribution is 0.0109. The van der Waals surface area contributed by atoms with Crippen LogP contribution in [0.25, 0.3) is 0 Å². The summed E-state index contributed by atoms with van der Waals surface area (Å²) in [6, 6.07) is 0.718. The summed E-state index contributed by atoms with van der Waals surface area (Å²) in [6.45, 7) is 4.43. The second-order valence-corrected chi connectivity index (χ2v) is 4.31. The van der Waals surface area contributed by atoms with Gasteiger partial charge in [0, 0.05) is 32.3 Å². The maximum atomic E-state index is 5.65. The molecule has 0 radical (unpaired) electrons. The van der Waals surface area contributed by atoms with E-state index in [-0.39, 0.29) is 0 Å². The molecule has 0 aliphatic carbocycles. The smallest absolute Gasteiger partial charge is 0.0699 e. The fourth-order valence-electron chi connectivity index (χ4n) is 2.09. The Balaban J connectivity index is 1.56. The van der Waals surface area contributed by atoms with E-state index >= 15 is 0 Å². The zero-order valence-electron chi connectivity index (χ0n) is 8.46. The molecule has 76 valence electrons. The molecule has 2 aliphatic rings. The van der Waals surface area contributed by atoms with E-state index in [0.717, 1.165) is 19.2 Å². The Hall–Kier alpha value is -0.120. The van der Waals surface area contributed by atoms with Gasteiger partial charge in [-0.1, -0.05) is 0 Å². The molecule has 0 bridgehead atoms. The van der Waals surface area contributed by atoms with Gasteiger partial charge in [0.15, 0.2) is 0 Å². The van der Waals surface area contributed by atoms with Crippen molar-refractivity contribution in [1.82, 2.24) is 10.2 Å². The first-order valence-corrected chi connectivity index (χ1v) is 5.38. The molecule has 0 aromatic rings. The van der Waals surface area contributed by atoms with Crippen LogP contribution in [0.3, 0.4) is 0 Å². The highest BCUT2D eigenvalue weighted by molar-refractivity contribution is 4.84. The van der Waals surface area contributed by atoms with Gasteiger partial charge in [-0.25, -0.2) is 0 Å². The van der Waals surface area contributed by atoms with Gasteiger partial charge in [-0.15, -0.1) is 0 Å². The van der Waals surface area contributed by atoms with Crippen LogP contribution in [-0.2, 0) is 4.74 Å². The number of hydrogen-bond acceptors (Lipinski definition) is 3. The first-order valence-electron chi connectivity index (χ1n) is 5.38. The number of nitrogens with zero attached hydrogens (tertiary/aromatic N) is 1. The van der Waals surface area contributed by atoms with Crippen molar-refractivity contribution in [3.05, 3.63) is 0 Å². The molecule has 2 fully saturated rings. The summed E-state index contributed by atoms with van der Waals surface area (Å²) in [5, 5.41) is 3.55. The lowest BCUT2D eigenvalue weighted by Gasteiger charge is -2.38. The third kappa shape index (κ3) is 2.66. The summed E-state index contributed by atoms with van der Waals surface area (Å²) in [5.74, 6) is 0. The highest BCUT2D eigenvalue weighted by Crippen LogP contribution is 2.12. The highest BCUT2D eigenvalue weighted by atomic mass is 16.5. The van der Waals surface area contributed by atoms with Crippen LogP contribution < -0.4 is 5.32 Å². The average molecular weight is 184 g/mol. The maximum absolute atomic E-state index is 5.65. The van der Waals surface area contributed by atoms with E-state index in [1.165, 1.54) is 32.4 Å². The molecule has 0 aromatic heterocycles. The van der Waals surface area contributed by atoms with Crippen molar-refractivity contribution in [2.45, 2.75) is 31.4 Å². The Morgan fingerprint density at radius 1 is 1.38 bits per heavy atom. The molecule has 2 heterocycles. The number of rotatable bonds is 3. The number of likely N-dealkylation sites (tertiary alicyclic amines) is 1. The largest absolute Gasteiger partial charge is 0.377 e. The summed E-state index contributed by atoms with van der Waals surface area (Å²) in [5.41, 5.74) is 0.